The number of hydrogen-bond acceptors (Lipinski definition) is 5. The predicted molar refractivity (Wildman–Crippen MR) is 116 cm³/mol. The Kier molecular flexibility index (Phi) is 8.41. The summed E-state index contributed by atoms with van der Waals surface area (Å²) in [4.78, 5) is 24.3. The van der Waals surface area contributed by atoms with Crippen molar-refractivity contribution in [3.8, 4) is 5.75 Å². The van der Waals surface area contributed by atoms with Crippen molar-refractivity contribution in [1.82, 2.24) is 5.32 Å². The molecule has 0 fully saturated rings. The van der Waals surface area contributed by atoms with Gasteiger partial charge in [0.15, 0.2) is 5.11 Å². The van der Waals surface area contributed by atoms with E-state index in [9.17, 15) is 9.59 Å². The van der Waals surface area contributed by atoms with E-state index >= 15 is 0 Å². The van der Waals surface area contributed by atoms with Crippen LogP contribution in [0.2, 0.25) is 0 Å². The first-order chi connectivity index (χ1) is 13.5. The summed E-state index contributed by atoms with van der Waals surface area (Å²) in [5, 5.41) is 5.51. The number of rotatable bonds is 7. The van der Waals surface area contributed by atoms with Gasteiger partial charge in [0.2, 0.25) is 0 Å². The quantitative estimate of drug-likeness (QED) is 0.355. The highest BCUT2D eigenvalue weighted by Gasteiger charge is 2.14. The Morgan fingerprint density at radius 3 is 2.61 bits per heavy atom. The van der Waals surface area contributed by atoms with E-state index in [1.54, 1.807) is 42.5 Å². The standard InChI is InChI=1S/C20H21BrN2O4S/c1-3-4-11-27-17-10-9-13(12-15(17)21)18(24)23-20(28)22-16-8-6-5-7-14(16)19(25)26-2/h5-10,12H,3-4,11H2,1-2H3,(H2,22,23,24,28). The molecule has 0 aliphatic carbocycles. The Morgan fingerprint density at radius 1 is 1.18 bits per heavy atom. The first kappa shape index (κ1) is 21.8. The number of nitrogens with one attached hydrogen (secondary N) is 2. The van der Waals surface area contributed by atoms with Crippen LogP contribution in [0.4, 0.5) is 5.69 Å². The van der Waals surface area contributed by atoms with Crippen molar-refractivity contribution in [2.24, 2.45) is 0 Å². The predicted octanol–water partition coefficient (Wildman–Crippen LogP) is 4.54. The van der Waals surface area contributed by atoms with Crippen LogP contribution < -0.4 is 15.4 Å². The minimum Gasteiger partial charge on any atom is -0.492 e. The lowest BCUT2D eigenvalue weighted by Crippen LogP contribution is -2.34. The number of unbranched alkanes of at least 4 members (excludes halogenated alkanes) is 1. The molecule has 1 amide bonds. The number of carbonyl (C=O) groups is 2. The number of hydrogen-bond donors (Lipinski definition) is 2. The van der Waals surface area contributed by atoms with E-state index < -0.39 is 5.97 Å². The van der Waals surface area contributed by atoms with E-state index in [1.807, 2.05) is 0 Å². The minimum atomic E-state index is -0.500. The number of ether oxygens (including phenoxy) is 2. The van der Waals surface area contributed by atoms with Gasteiger partial charge in [0, 0.05) is 5.56 Å². The Hall–Kier alpha value is -2.45. The normalized spacial score (nSPS) is 10.1. The van der Waals surface area contributed by atoms with Crippen LogP contribution in [0.15, 0.2) is 46.9 Å². The first-order valence-corrected chi connectivity index (χ1v) is 9.88. The van der Waals surface area contributed by atoms with E-state index in [4.69, 9.17) is 21.7 Å². The number of halogens is 1. The van der Waals surface area contributed by atoms with E-state index in [-0.39, 0.29) is 11.0 Å². The van der Waals surface area contributed by atoms with Crippen molar-refractivity contribution in [3.63, 3.8) is 0 Å². The molecule has 0 bridgehead atoms. The summed E-state index contributed by atoms with van der Waals surface area (Å²) in [6, 6.07) is 11.8. The molecule has 0 unspecified atom stereocenters. The van der Waals surface area contributed by atoms with Crippen molar-refractivity contribution >= 4 is 50.8 Å². The van der Waals surface area contributed by atoms with Crippen molar-refractivity contribution in [1.29, 1.82) is 0 Å². The molecular formula is C20H21BrN2O4S. The Balaban J connectivity index is 2.02. The molecule has 0 saturated heterocycles. The summed E-state index contributed by atoms with van der Waals surface area (Å²) in [5.74, 6) is -0.202. The highest BCUT2D eigenvalue weighted by atomic mass is 79.9. The molecule has 2 aromatic carbocycles. The zero-order valence-corrected chi connectivity index (χ0v) is 18.0. The van der Waals surface area contributed by atoms with Crippen LogP contribution in [0.1, 0.15) is 40.5 Å². The van der Waals surface area contributed by atoms with Crippen molar-refractivity contribution < 1.29 is 19.1 Å². The molecule has 0 aliphatic heterocycles. The van der Waals surface area contributed by atoms with Crippen LogP contribution in [0.25, 0.3) is 0 Å². The first-order valence-electron chi connectivity index (χ1n) is 8.68. The molecule has 0 spiro atoms. The van der Waals surface area contributed by atoms with Gasteiger partial charge < -0.3 is 14.8 Å². The zero-order chi connectivity index (χ0) is 20.5. The molecule has 0 atom stereocenters. The molecule has 0 aromatic heterocycles. The second kappa shape index (κ2) is 10.8. The third-order valence-electron chi connectivity index (χ3n) is 3.76. The smallest absolute Gasteiger partial charge is 0.339 e. The van der Waals surface area contributed by atoms with Gasteiger partial charge in [-0.15, -0.1) is 0 Å². The topological polar surface area (TPSA) is 76.7 Å². The highest BCUT2D eigenvalue weighted by Crippen LogP contribution is 2.26. The average molecular weight is 465 g/mol. The number of esters is 1. The lowest BCUT2D eigenvalue weighted by molar-refractivity contribution is 0.0602. The Labute approximate surface area is 177 Å². The number of carbonyl (C=O) groups excluding carboxylic acids is 2. The van der Waals surface area contributed by atoms with Gasteiger partial charge in [0.05, 0.1) is 29.4 Å². The minimum absolute atomic E-state index is 0.0701. The fraction of sp³-hybridized carbons (Fsp3) is 0.250. The van der Waals surface area contributed by atoms with Crippen LogP contribution in [-0.4, -0.2) is 30.7 Å². The maximum Gasteiger partial charge on any atom is 0.339 e. The zero-order valence-electron chi connectivity index (χ0n) is 15.6. The number of thiocarbonyl (C=S) groups is 1. The fourth-order valence-corrected chi connectivity index (χ4v) is 2.99. The molecule has 2 aromatic rings. The van der Waals surface area contributed by atoms with E-state index in [0.29, 0.717) is 33.6 Å². The number of anilines is 1. The number of amides is 1. The van der Waals surface area contributed by atoms with Crippen LogP contribution >= 0.6 is 28.1 Å². The van der Waals surface area contributed by atoms with Crippen molar-refractivity contribution in [2.75, 3.05) is 19.0 Å². The summed E-state index contributed by atoms with van der Waals surface area (Å²) in [7, 11) is 1.30. The fourth-order valence-electron chi connectivity index (χ4n) is 2.29. The largest absolute Gasteiger partial charge is 0.492 e. The summed E-state index contributed by atoms with van der Waals surface area (Å²) >= 11 is 8.61. The molecular weight excluding hydrogens is 444 g/mol. The summed E-state index contributed by atoms with van der Waals surface area (Å²) in [6.07, 6.45) is 2.00. The van der Waals surface area contributed by atoms with Crippen LogP contribution in [0.5, 0.6) is 5.75 Å². The lowest BCUT2D eigenvalue weighted by atomic mass is 10.2. The van der Waals surface area contributed by atoms with Gasteiger partial charge in [-0.1, -0.05) is 25.5 Å². The molecule has 8 heteroatoms. The third-order valence-corrected chi connectivity index (χ3v) is 4.58. The molecule has 2 N–H and O–H groups in total. The molecule has 0 aliphatic rings. The molecule has 28 heavy (non-hydrogen) atoms. The maximum atomic E-state index is 12.5. The highest BCUT2D eigenvalue weighted by molar-refractivity contribution is 9.10. The van der Waals surface area contributed by atoms with Gasteiger partial charge in [-0.2, -0.15) is 0 Å². The van der Waals surface area contributed by atoms with Gasteiger partial charge in [0.1, 0.15) is 5.75 Å². The SMILES string of the molecule is CCCCOc1ccc(C(=O)NC(=S)Nc2ccccc2C(=O)OC)cc1Br. The van der Waals surface area contributed by atoms with Crippen LogP contribution in [0.3, 0.4) is 0 Å². The van der Waals surface area contributed by atoms with Crippen molar-refractivity contribution in [2.45, 2.75) is 19.8 Å². The number of benzene rings is 2. The second-order valence-electron chi connectivity index (χ2n) is 5.79. The van der Waals surface area contributed by atoms with Gasteiger partial charge >= 0.3 is 5.97 Å². The number of methoxy groups -OCH3 is 1. The summed E-state index contributed by atoms with van der Waals surface area (Å²) in [6.45, 7) is 2.71. The van der Waals surface area contributed by atoms with Crippen molar-refractivity contribution in [3.05, 3.63) is 58.1 Å². The summed E-state index contributed by atoms with van der Waals surface area (Å²) in [5.41, 5.74) is 1.18. The third kappa shape index (κ3) is 6.03. The molecule has 6 nitrogen and oxygen atoms in total. The van der Waals surface area contributed by atoms with Crippen LogP contribution in [-0.2, 0) is 4.74 Å². The molecule has 0 heterocycles. The maximum absolute atomic E-state index is 12.5. The number of para-hydroxylation sites is 1. The van der Waals surface area contributed by atoms with Gasteiger partial charge in [0.25, 0.3) is 5.91 Å². The Morgan fingerprint density at radius 2 is 1.93 bits per heavy atom. The van der Waals surface area contributed by atoms with Crippen LogP contribution in [0, 0.1) is 0 Å². The second-order valence-corrected chi connectivity index (χ2v) is 7.06. The monoisotopic (exact) mass is 464 g/mol. The lowest BCUT2D eigenvalue weighted by Gasteiger charge is -2.13. The van der Waals surface area contributed by atoms with E-state index in [1.165, 1.54) is 7.11 Å². The Bertz CT molecular complexity index is 873. The van der Waals surface area contributed by atoms with E-state index in [2.05, 4.69) is 33.5 Å². The molecule has 0 saturated carbocycles. The van der Waals surface area contributed by atoms with Gasteiger partial charge in [-0.25, -0.2) is 4.79 Å². The molecule has 2 rings (SSSR count). The summed E-state index contributed by atoms with van der Waals surface area (Å²) < 4.78 is 11.1. The van der Waals surface area contributed by atoms with Gasteiger partial charge in [-0.05, 0) is 64.9 Å². The van der Waals surface area contributed by atoms with E-state index in [0.717, 1.165) is 12.8 Å². The molecule has 0 radical (unpaired) electrons. The van der Waals surface area contributed by atoms with Gasteiger partial charge in [-0.3, -0.25) is 10.1 Å². The average Bonchev–Trinajstić information content (AvgIpc) is 2.69. The molecule has 148 valence electrons.